The van der Waals surface area contributed by atoms with Crippen LogP contribution in [-0.4, -0.2) is 22.6 Å². The molecule has 0 aliphatic heterocycles. The molecule has 1 heterocycles. The maximum atomic E-state index is 6.27. The van der Waals surface area contributed by atoms with Crippen LogP contribution in [0.25, 0.3) is 0 Å². The summed E-state index contributed by atoms with van der Waals surface area (Å²) in [6, 6.07) is 0. The maximum absolute atomic E-state index is 6.27. The van der Waals surface area contributed by atoms with Gasteiger partial charge >= 0.3 is 0 Å². The molecule has 0 atom stereocenters. The third kappa shape index (κ3) is 2.20. The Morgan fingerprint density at radius 1 is 1.00 bits per heavy atom. The van der Waals surface area contributed by atoms with Crippen LogP contribution in [0.5, 0.6) is 5.75 Å². The van der Waals surface area contributed by atoms with E-state index in [1.54, 1.807) is 0 Å². The lowest BCUT2D eigenvalue weighted by Crippen LogP contribution is -2.50. The van der Waals surface area contributed by atoms with E-state index in [-0.39, 0.29) is 0 Å². The molecule has 0 amide bonds. The molecule has 2 N–H and O–H groups in total. The summed E-state index contributed by atoms with van der Waals surface area (Å²) in [7, 11) is 0. The molecule has 20 heavy (non-hydrogen) atoms. The van der Waals surface area contributed by atoms with Gasteiger partial charge in [0.2, 0.25) is 0 Å². The lowest BCUT2D eigenvalue weighted by molar-refractivity contribution is -0.0792. The van der Waals surface area contributed by atoms with Crippen LogP contribution in [0, 0.1) is 23.7 Å². The minimum Gasteiger partial charge on any atom is -0.487 e. The van der Waals surface area contributed by atoms with Crippen LogP contribution in [0.3, 0.4) is 0 Å². The van der Waals surface area contributed by atoms with Crippen molar-refractivity contribution in [3.8, 4) is 5.75 Å². The van der Waals surface area contributed by atoms with Gasteiger partial charge in [0, 0.05) is 6.42 Å². The third-order valence-electron chi connectivity index (χ3n) is 5.46. The van der Waals surface area contributed by atoms with Crippen LogP contribution in [0.2, 0.25) is 0 Å². The van der Waals surface area contributed by atoms with Gasteiger partial charge in [0.1, 0.15) is 11.9 Å². The molecule has 0 saturated heterocycles. The number of aromatic nitrogens is 2. The minimum atomic E-state index is 0.409. The number of nitrogens with zero attached hydrogens (tertiary/aromatic N) is 2. The Balaban J connectivity index is 1.46. The predicted molar refractivity (Wildman–Crippen MR) is 76.3 cm³/mol. The van der Waals surface area contributed by atoms with Crippen molar-refractivity contribution in [1.29, 1.82) is 0 Å². The molecular weight excluding hydrogens is 250 g/mol. The fraction of sp³-hybridized carbons (Fsp3) is 0.750. The second-order valence-corrected chi connectivity index (χ2v) is 6.89. The lowest BCUT2D eigenvalue weighted by atomic mass is 9.55. The van der Waals surface area contributed by atoms with Gasteiger partial charge in [-0.1, -0.05) is 0 Å². The fourth-order valence-electron chi connectivity index (χ4n) is 4.89. The first-order chi connectivity index (χ1) is 9.81. The Morgan fingerprint density at radius 3 is 2.15 bits per heavy atom. The smallest absolute Gasteiger partial charge is 0.156 e. The monoisotopic (exact) mass is 273 g/mol. The summed E-state index contributed by atoms with van der Waals surface area (Å²) in [6.07, 6.45) is 11.8. The standard InChI is InChI=1S/C16H23N3O/c17-2-1-15-18-8-14(9-19-15)20-16-12-4-10-3-11(6-12)7-13(16)5-10/h8-13,16H,1-7,17H2. The van der Waals surface area contributed by atoms with Gasteiger partial charge in [0.15, 0.2) is 5.75 Å². The summed E-state index contributed by atoms with van der Waals surface area (Å²) in [5.41, 5.74) is 5.52. The van der Waals surface area contributed by atoms with Crippen molar-refractivity contribution in [1.82, 2.24) is 9.97 Å². The SMILES string of the molecule is NCCc1ncc(OC2C3CC4CC(C3)CC2C4)cn1. The van der Waals surface area contributed by atoms with Gasteiger partial charge in [-0.05, 0) is 62.3 Å². The molecule has 4 aliphatic rings. The zero-order chi connectivity index (χ0) is 13.5. The maximum Gasteiger partial charge on any atom is 0.156 e. The molecule has 0 radical (unpaired) electrons. The normalized spacial score (nSPS) is 38.1. The summed E-state index contributed by atoms with van der Waals surface area (Å²) in [4.78, 5) is 8.67. The second-order valence-electron chi connectivity index (χ2n) is 6.89. The summed E-state index contributed by atoms with van der Waals surface area (Å²) < 4.78 is 6.27. The fourth-order valence-corrected chi connectivity index (χ4v) is 4.89. The van der Waals surface area contributed by atoms with Crippen LogP contribution in [0.4, 0.5) is 0 Å². The van der Waals surface area contributed by atoms with Gasteiger partial charge in [-0.15, -0.1) is 0 Å². The van der Waals surface area contributed by atoms with Gasteiger partial charge in [-0.25, -0.2) is 9.97 Å². The van der Waals surface area contributed by atoms with Gasteiger partial charge in [0.05, 0.1) is 12.4 Å². The first-order valence-corrected chi connectivity index (χ1v) is 7.99. The molecule has 1 aromatic heterocycles. The highest BCUT2D eigenvalue weighted by atomic mass is 16.5. The molecule has 0 unspecified atom stereocenters. The van der Waals surface area contributed by atoms with E-state index in [1.165, 1.54) is 32.1 Å². The van der Waals surface area contributed by atoms with E-state index >= 15 is 0 Å². The highest BCUT2D eigenvalue weighted by Crippen LogP contribution is 2.54. The van der Waals surface area contributed by atoms with E-state index in [0.717, 1.165) is 41.7 Å². The molecule has 1 aromatic rings. The zero-order valence-electron chi connectivity index (χ0n) is 11.9. The number of hydrogen-bond donors (Lipinski definition) is 1. The van der Waals surface area contributed by atoms with Crippen molar-refractivity contribution in [2.45, 2.75) is 44.6 Å². The Labute approximate surface area is 120 Å². The lowest BCUT2D eigenvalue weighted by Gasteiger charge is -2.53. The summed E-state index contributed by atoms with van der Waals surface area (Å²) in [5, 5.41) is 0. The Bertz CT molecular complexity index is 445. The molecule has 4 bridgehead atoms. The number of nitrogens with two attached hydrogens (primary N) is 1. The Kier molecular flexibility index (Phi) is 3.14. The molecule has 0 spiro atoms. The molecular formula is C16H23N3O. The van der Waals surface area contributed by atoms with Crippen LogP contribution < -0.4 is 10.5 Å². The van der Waals surface area contributed by atoms with Gasteiger partial charge in [-0.3, -0.25) is 0 Å². The summed E-state index contributed by atoms with van der Waals surface area (Å²) >= 11 is 0. The number of rotatable bonds is 4. The number of hydrogen-bond acceptors (Lipinski definition) is 4. The van der Waals surface area contributed by atoms with Gasteiger partial charge in [0.25, 0.3) is 0 Å². The van der Waals surface area contributed by atoms with E-state index in [4.69, 9.17) is 10.5 Å². The molecule has 5 rings (SSSR count). The largest absolute Gasteiger partial charge is 0.487 e. The van der Waals surface area contributed by atoms with Gasteiger partial charge < -0.3 is 10.5 Å². The van der Waals surface area contributed by atoms with Crippen molar-refractivity contribution >= 4 is 0 Å². The zero-order valence-corrected chi connectivity index (χ0v) is 11.9. The van der Waals surface area contributed by atoms with Crippen LogP contribution in [-0.2, 0) is 6.42 Å². The van der Waals surface area contributed by atoms with Crippen molar-refractivity contribution in [2.75, 3.05) is 6.54 Å². The van der Waals surface area contributed by atoms with E-state index in [0.29, 0.717) is 12.6 Å². The number of ether oxygens (including phenoxy) is 1. The highest BCUT2D eigenvalue weighted by Gasteiger charge is 2.49. The van der Waals surface area contributed by atoms with Crippen LogP contribution in [0.15, 0.2) is 12.4 Å². The molecule has 0 aromatic carbocycles. The highest BCUT2D eigenvalue weighted by molar-refractivity contribution is 5.14. The predicted octanol–water partition coefficient (Wildman–Crippen LogP) is 2.18. The van der Waals surface area contributed by atoms with Crippen molar-refractivity contribution in [3.05, 3.63) is 18.2 Å². The Morgan fingerprint density at radius 2 is 1.60 bits per heavy atom. The average molecular weight is 273 g/mol. The molecule has 4 nitrogen and oxygen atoms in total. The van der Waals surface area contributed by atoms with Crippen LogP contribution in [0.1, 0.15) is 37.9 Å². The first-order valence-electron chi connectivity index (χ1n) is 7.99. The molecule has 4 heteroatoms. The van der Waals surface area contributed by atoms with E-state index in [2.05, 4.69) is 9.97 Å². The van der Waals surface area contributed by atoms with E-state index < -0.39 is 0 Å². The van der Waals surface area contributed by atoms with Gasteiger partial charge in [-0.2, -0.15) is 0 Å². The third-order valence-corrected chi connectivity index (χ3v) is 5.46. The van der Waals surface area contributed by atoms with Crippen molar-refractivity contribution in [3.63, 3.8) is 0 Å². The van der Waals surface area contributed by atoms with E-state index in [1.807, 2.05) is 12.4 Å². The van der Waals surface area contributed by atoms with E-state index in [9.17, 15) is 0 Å². The molecule has 108 valence electrons. The topological polar surface area (TPSA) is 61.0 Å². The summed E-state index contributed by atoms with van der Waals surface area (Å²) in [5.74, 6) is 5.17. The van der Waals surface area contributed by atoms with Crippen LogP contribution >= 0.6 is 0 Å². The minimum absolute atomic E-state index is 0.409. The average Bonchev–Trinajstić information content (AvgIpc) is 2.44. The quantitative estimate of drug-likeness (QED) is 0.913. The Hall–Kier alpha value is -1.16. The molecule has 4 saturated carbocycles. The van der Waals surface area contributed by atoms with Crippen molar-refractivity contribution < 1.29 is 4.74 Å². The van der Waals surface area contributed by atoms with Crippen molar-refractivity contribution in [2.24, 2.45) is 29.4 Å². The second kappa shape index (κ2) is 4.99. The molecule has 4 fully saturated rings. The molecule has 4 aliphatic carbocycles. The summed E-state index contributed by atoms with van der Waals surface area (Å²) in [6.45, 7) is 0.593. The first kappa shape index (κ1) is 12.6.